The van der Waals surface area contributed by atoms with Crippen molar-refractivity contribution in [2.24, 2.45) is 27.9 Å². The third-order valence-electron chi connectivity index (χ3n) is 9.47. The highest BCUT2D eigenvalue weighted by molar-refractivity contribution is 6.37. The quantitative estimate of drug-likeness (QED) is 0.195. The van der Waals surface area contributed by atoms with E-state index in [0.29, 0.717) is 19.3 Å². The lowest BCUT2D eigenvalue weighted by molar-refractivity contribution is -0.153. The molecule has 1 unspecified atom stereocenters. The van der Waals surface area contributed by atoms with Crippen molar-refractivity contribution < 1.29 is 33.6 Å². The van der Waals surface area contributed by atoms with Crippen molar-refractivity contribution in [3.8, 4) is 0 Å². The fraction of sp³-hybridized carbons (Fsp3) is 0.788. The smallest absolute Gasteiger partial charge is 0.315 e. The summed E-state index contributed by atoms with van der Waals surface area (Å²) in [6, 6.07) is -4.21. The Balaban J connectivity index is 1.73. The number of nitrogens with zero attached hydrogens (tertiary/aromatic N) is 2. The first-order chi connectivity index (χ1) is 21.1. The summed E-state index contributed by atoms with van der Waals surface area (Å²) < 4.78 is 0. The van der Waals surface area contributed by atoms with Gasteiger partial charge in [0.1, 0.15) is 12.1 Å². The van der Waals surface area contributed by atoms with Gasteiger partial charge >= 0.3 is 6.03 Å². The van der Waals surface area contributed by atoms with Gasteiger partial charge in [0.2, 0.25) is 29.4 Å². The number of piperidine rings is 1. The number of imide groups is 1. The Hall–Kier alpha value is -3.51. The molecule has 13 nitrogen and oxygen atoms in total. The standard InChI is InChI=1S/C33H54N6O7/c1-31(2,3)22(18-39-23(40)16-33(7,8)17-24(39)41)36-30(46)37-26(32(4,5)6)29(45)38-14-10-13-21(38)28(44)35-20(25(42)27(34)43)15-19-11-9-12-19/h19-22,26H,9-18H2,1-8H3,(H2,34,43)(H,35,44)(H2,36,37,46)/t20?,21-,22+,26+/m0/s1. The van der Waals surface area contributed by atoms with Gasteiger partial charge in [-0.15, -0.1) is 0 Å². The molecule has 258 valence electrons. The van der Waals surface area contributed by atoms with Crippen molar-refractivity contribution in [3.63, 3.8) is 0 Å². The molecule has 1 saturated carbocycles. The number of likely N-dealkylation sites (tertiary alicyclic amines) is 2. The molecule has 2 aliphatic heterocycles. The van der Waals surface area contributed by atoms with Crippen molar-refractivity contribution >= 4 is 41.4 Å². The summed E-state index contributed by atoms with van der Waals surface area (Å²) in [4.78, 5) is 93.5. The predicted octanol–water partition coefficient (Wildman–Crippen LogP) is 2.01. The number of nitrogens with one attached hydrogen (secondary N) is 3. The van der Waals surface area contributed by atoms with Gasteiger partial charge < -0.3 is 26.6 Å². The molecular weight excluding hydrogens is 592 g/mol. The number of carbonyl (C=O) groups excluding carboxylic acids is 7. The van der Waals surface area contributed by atoms with Crippen LogP contribution in [0.4, 0.5) is 4.79 Å². The van der Waals surface area contributed by atoms with Gasteiger partial charge in [-0.1, -0.05) is 74.7 Å². The summed E-state index contributed by atoms with van der Waals surface area (Å²) in [6.45, 7) is 15.1. The molecule has 0 bridgehead atoms. The molecule has 3 fully saturated rings. The molecule has 3 aliphatic rings. The van der Waals surface area contributed by atoms with Gasteiger partial charge in [0, 0.05) is 25.9 Å². The van der Waals surface area contributed by atoms with Crippen LogP contribution in [0.5, 0.6) is 0 Å². The lowest BCUT2D eigenvalue weighted by Crippen LogP contribution is -2.62. The third-order valence-corrected chi connectivity index (χ3v) is 9.47. The molecule has 3 rings (SSSR count). The number of nitrogens with two attached hydrogens (primary N) is 1. The number of carbonyl (C=O) groups is 7. The summed E-state index contributed by atoms with van der Waals surface area (Å²) in [6.07, 6.45) is 4.53. The van der Waals surface area contributed by atoms with Crippen LogP contribution in [0.1, 0.15) is 107 Å². The van der Waals surface area contributed by atoms with E-state index in [-0.39, 0.29) is 43.7 Å². The molecule has 5 N–H and O–H groups in total. The zero-order chi connectivity index (χ0) is 34.8. The maximum Gasteiger partial charge on any atom is 0.315 e. The first-order valence-electron chi connectivity index (χ1n) is 16.5. The van der Waals surface area contributed by atoms with Crippen molar-refractivity contribution in [1.82, 2.24) is 25.8 Å². The Labute approximate surface area is 272 Å². The van der Waals surface area contributed by atoms with E-state index in [4.69, 9.17) is 5.73 Å². The zero-order valence-electron chi connectivity index (χ0n) is 28.8. The maximum absolute atomic E-state index is 14.0. The van der Waals surface area contributed by atoms with Gasteiger partial charge in [0.15, 0.2) is 0 Å². The lowest BCUT2D eigenvalue weighted by atomic mass is 9.80. The van der Waals surface area contributed by atoms with Gasteiger partial charge in [-0.3, -0.25) is 33.7 Å². The first-order valence-corrected chi connectivity index (χ1v) is 16.5. The second-order valence-corrected chi connectivity index (χ2v) is 16.3. The Morgan fingerprint density at radius 2 is 1.46 bits per heavy atom. The fourth-order valence-electron chi connectivity index (χ4n) is 6.31. The topological polar surface area (TPSA) is 188 Å². The van der Waals surface area contributed by atoms with Crippen LogP contribution >= 0.6 is 0 Å². The Kier molecular flexibility index (Phi) is 11.3. The molecule has 0 spiro atoms. The molecule has 7 amide bonds. The fourth-order valence-corrected chi connectivity index (χ4v) is 6.31. The van der Waals surface area contributed by atoms with Crippen LogP contribution in [0.2, 0.25) is 0 Å². The van der Waals surface area contributed by atoms with Crippen LogP contribution in [-0.4, -0.2) is 88.4 Å². The molecule has 1 aliphatic carbocycles. The molecular formula is C33H54N6O7. The normalized spacial score (nSPS) is 22.4. The van der Waals surface area contributed by atoms with Crippen LogP contribution in [0, 0.1) is 22.2 Å². The molecule has 0 aromatic heterocycles. The van der Waals surface area contributed by atoms with Crippen molar-refractivity contribution in [3.05, 3.63) is 0 Å². The second-order valence-electron chi connectivity index (χ2n) is 16.3. The van der Waals surface area contributed by atoms with E-state index in [1.807, 2.05) is 34.6 Å². The SMILES string of the molecule is CC1(C)CC(=O)N(C[C@@H](NC(=O)N[C@H](C(=O)N2CCC[C@H]2C(=O)NC(CC2CCC2)C(=O)C(N)=O)C(C)(C)C)C(C)(C)C)C(=O)C1. The highest BCUT2D eigenvalue weighted by Crippen LogP contribution is 2.33. The molecule has 0 aromatic carbocycles. The first kappa shape index (κ1) is 37.0. The molecule has 46 heavy (non-hydrogen) atoms. The number of urea groups is 1. The molecule has 0 radical (unpaired) electrons. The molecule has 13 heteroatoms. The van der Waals surface area contributed by atoms with E-state index >= 15 is 0 Å². The minimum Gasteiger partial charge on any atom is -0.363 e. The highest BCUT2D eigenvalue weighted by atomic mass is 16.2. The van der Waals surface area contributed by atoms with E-state index in [1.165, 1.54) is 9.80 Å². The molecule has 4 atom stereocenters. The minimum atomic E-state index is -1.11. The van der Waals surface area contributed by atoms with E-state index in [0.717, 1.165) is 19.3 Å². The average Bonchev–Trinajstić information content (AvgIpc) is 3.37. The Morgan fingerprint density at radius 3 is 1.93 bits per heavy atom. The van der Waals surface area contributed by atoms with Gasteiger partial charge in [-0.25, -0.2) is 4.79 Å². The van der Waals surface area contributed by atoms with Crippen LogP contribution in [0.3, 0.4) is 0 Å². The largest absolute Gasteiger partial charge is 0.363 e. The zero-order valence-corrected chi connectivity index (χ0v) is 28.8. The highest BCUT2D eigenvalue weighted by Gasteiger charge is 2.44. The van der Waals surface area contributed by atoms with E-state index in [9.17, 15) is 33.6 Å². The predicted molar refractivity (Wildman–Crippen MR) is 171 cm³/mol. The van der Waals surface area contributed by atoms with Crippen LogP contribution in [0.25, 0.3) is 0 Å². The van der Waals surface area contributed by atoms with Crippen LogP contribution in [-0.2, 0) is 28.8 Å². The maximum atomic E-state index is 14.0. The third kappa shape index (κ3) is 9.28. The number of amides is 7. The average molecular weight is 647 g/mol. The molecule has 0 aromatic rings. The summed E-state index contributed by atoms with van der Waals surface area (Å²) in [7, 11) is 0. The number of Topliss-reactive ketones (excluding diaryl/α,β-unsaturated/α-hetero) is 1. The van der Waals surface area contributed by atoms with Crippen LogP contribution < -0.4 is 21.7 Å². The van der Waals surface area contributed by atoms with Crippen molar-refractivity contribution in [1.29, 1.82) is 0 Å². The number of ketones is 1. The summed E-state index contributed by atoms with van der Waals surface area (Å²) >= 11 is 0. The lowest BCUT2D eigenvalue weighted by Gasteiger charge is -2.40. The Bertz CT molecular complexity index is 1210. The van der Waals surface area contributed by atoms with E-state index < -0.39 is 69.9 Å². The molecule has 2 heterocycles. The van der Waals surface area contributed by atoms with Crippen LogP contribution in [0.15, 0.2) is 0 Å². The van der Waals surface area contributed by atoms with E-state index in [1.54, 1.807) is 20.8 Å². The van der Waals surface area contributed by atoms with Gasteiger partial charge in [0.05, 0.1) is 12.1 Å². The van der Waals surface area contributed by atoms with E-state index in [2.05, 4.69) is 16.0 Å². The van der Waals surface area contributed by atoms with Crippen molar-refractivity contribution in [2.45, 2.75) is 131 Å². The van der Waals surface area contributed by atoms with Gasteiger partial charge in [0.25, 0.3) is 5.91 Å². The van der Waals surface area contributed by atoms with Gasteiger partial charge in [-0.05, 0) is 41.4 Å². The summed E-state index contributed by atoms with van der Waals surface area (Å²) in [5, 5.41) is 8.40. The monoisotopic (exact) mass is 646 g/mol. The number of hydrogen-bond donors (Lipinski definition) is 4. The minimum absolute atomic E-state index is 0.000779. The Morgan fingerprint density at radius 1 is 0.870 bits per heavy atom. The summed E-state index contributed by atoms with van der Waals surface area (Å²) in [5.41, 5.74) is 3.54. The number of hydrogen-bond acceptors (Lipinski definition) is 7. The summed E-state index contributed by atoms with van der Waals surface area (Å²) in [5.74, 6) is -3.30. The second kappa shape index (κ2) is 14.1. The molecule has 2 saturated heterocycles. The van der Waals surface area contributed by atoms with Gasteiger partial charge in [-0.2, -0.15) is 0 Å². The van der Waals surface area contributed by atoms with Crippen molar-refractivity contribution in [2.75, 3.05) is 13.1 Å². The number of primary amides is 1. The number of rotatable bonds is 11.